The highest BCUT2D eigenvalue weighted by Crippen LogP contribution is 2.35. The van der Waals surface area contributed by atoms with Gasteiger partial charge >= 0.3 is 0 Å². The minimum absolute atomic E-state index is 0.494. The second-order valence-electron chi connectivity index (χ2n) is 9.89. The number of aromatic nitrogens is 4. The van der Waals surface area contributed by atoms with Crippen LogP contribution in [0, 0.1) is 25.7 Å². The lowest BCUT2D eigenvalue weighted by Crippen LogP contribution is -2.23. The maximum absolute atomic E-state index is 6.27. The van der Waals surface area contributed by atoms with E-state index >= 15 is 0 Å². The second kappa shape index (κ2) is 8.81. The van der Waals surface area contributed by atoms with E-state index in [-0.39, 0.29) is 0 Å². The molecule has 2 aromatic heterocycles. The third-order valence-electron chi connectivity index (χ3n) is 7.34. The van der Waals surface area contributed by atoms with Crippen molar-refractivity contribution in [3.63, 3.8) is 0 Å². The molecule has 1 aliphatic heterocycles. The van der Waals surface area contributed by atoms with Gasteiger partial charge in [0.25, 0.3) is 0 Å². The van der Waals surface area contributed by atoms with Gasteiger partial charge in [-0.25, -0.2) is 15.0 Å². The molecule has 35 heavy (non-hydrogen) atoms. The average molecular weight is 463 g/mol. The molecule has 0 bridgehead atoms. The van der Waals surface area contributed by atoms with Crippen LogP contribution in [0.15, 0.2) is 60.7 Å². The smallest absolute Gasteiger partial charge is 0.126 e. The molecule has 0 amide bonds. The number of nitrogens with one attached hydrogen (secondary N) is 1. The number of fused-ring (bicyclic) bond motifs is 3. The van der Waals surface area contributed by atoms with E-state index in [4.69, 9.17) is 9.72 Å². The van der Waals surface area contributed by atoms with Crippen LogP contribution in [-0.2, 0) is 12.8 Å². The minimum atomic E-state index is 0.494. The third-order valence-corrected chi connectivity index (χ3v) is 7.34. The molecule has 0 saturated carbocycles. The molecule has 1 N–H and O–H groups in total. The average Bonchev–Trinajstić information content (AvgIpc) is 3.22. The molecule has 3 heterocycles. The van der Waals surface area contributed by atoms with E-state index < -0.39 is 0 Å². The number of aromatic amines is 1. The van der Waals surface area contributed by atoms with Crippen molar-refractivity contribution in [2.24, 2.45) is 11.8 Å². The lowest BCUT2D eigenvalue weighted by molar-refractivity contribution is 0.221. The van der Waals surface area contributed by atoms with Crippen LogP contribution in [0.4, 0.5) is 0 Å². The summed E-state index contributed by atoms with van der Waals surface area (Å²) in [4.78, 5) is 17.4. The van der Waals surface area contributed by atoms with E-state index in [0.29, 0.717) is 11.8 Å². The summed E-state index contributed by atoms with van der Waals surface area (Å²) in [5, 5.41) is 1.17. The Balaban J connectivity index is 1.29. The molecule has 5 heteroatoms. The van der Waals surface area contributed by atoms with Gasteiger partial charge in [-0.15, -0.1) is 0 Å². The molecular weight excluding hydrogens is 432 g/mol. The third kappa shape index (κ3) is 4.27. The summed E-state index contributed by atoms with van der Waals surface area (Å²) in [5.41, 5.74) is 7.95. The maximum atomic E-state index is 6.27. The van der Waals surface area contributed by atoms with Crippen LogP contribution in [-0.4, -0.2) is 26.5 Å². The number of imidazole rings is 1. The summed E-state index contributed by atoms with van der Waals surface area (Å²) >= 11 is 0. The zero-order chi connectivity index (χ0) is 23.9. The lowest BCUT2D eigenvalue weighted by atomic mass is 9.81. The first-order valence-corrected chi connectivity index (χ1v) is 12.5. The molecule has 2 unspecified atom stereocenters. The predicted molar refractivity (Wildman–Crippen MR) is 141 cm³/mol. The molecule has 5 aromatic rings. The number of hydrogen-bond acceptors (Lipinski definition) is 4. The standard InChI is InChI=1S/C30H30N4O/c1-18-14-24-15-22(23-8-10-27-29(17-23)34-20(3)32-27)9-11-30(24)35-13-12-21(18)16-28-25-6-4-5-7-26(25)31-19(2)33-28/h4-11,15,17-18,21H,12-14,16H2,1-3H3,(H,32,34). The van der Waals surface area contributed by atoms with Crippen molar-refractivity contribution in [1.29, 1.82) is 0 Å². The highest BCUT2D eigenvalue weighted by atomic mass is 16.5. The number of aryl methyl sites for hydroxylation is 2. The Morgan fingerprint density at radius 3 is 2.66 bits per heavy atom. The zero-order valence-electron chi connectivity index (χ0n) is 20.5. The molecule has 6 rings (SSSR count). The molecule has 1 aliphatic rings. The van der Waals surface area contributed by atoms with Crippen LogP contribution in [0.25, 0.3) is 33.1 Å². The monoisotopic (exact) mass is 462 g/mol. The molecule has 3 aromatic carbocycles. The summed E-state index contributed by atoms with van der Waals surface area (Å²) in [6.45, 7) is 7.08. The van der Waals surface area contributed by atoms with E-state index in [1.54, 1.807) is 0 Å². The van der Waals surface area contributed by atoms with Gasteiger partial charge in [-0.05, 0) is 92.0 Å². The van der Waals surface area contributed by atoms with Gasteiger partial charge in [0, 0.05) is 5.39 Å². The van der Waals surface area contributed by atoms with Gasteiger partial charge in [0.15, 0.2) is 0 Å². The van der Waals surface area contributed by atoms with Crippen molar-refractivity contribution in [3.05, 3.63) is 83.6 Å². The Hall–Kier alpha value is -3.73. The zero-order valence-corrected chi connectivity index (χ0v) is 20.5. The van der Waals surface area contributed by atoms with E-state index in [9.17, 15) is 0 Å². The minimum Gasteiger partial charge on any atom is -0.493 e. The molecular formula is C30H30N4O. The van der Waals surface area contributed by atoms with Crippen LogP contribution in [0.3, 0.4) is 0 Å². The number of H-pyrrole nitrogens is 1. The molecule has 0 spiro atoms. The number of ether oxygens (including phenoxy) is 1. The van der Waals surface area contributed by atoms with Crippen molar-refractivity contribution in [1.82, 2.24) is 19.9 Å². The van der Waals surface area contributed by atoms with E-state index in [2.05, 4.69) is 76.5 Å². The van der Waals surface area contributed by atoms with E-state index in [0.717, 1.165) is 65.5 Å². The normalized spacial score (nSPS) is 18.1. The fraction of sp³-hybridized carbons (Fsp3) is 0.300. The van der Waals surface area contributed by atoms with Crippen molar-refractivity contribution < 1.29 is 4.74 Å². The Labute approximate surface area is 205 Å². The quantitative estimate of drug-likeness (QED) is 0.328. The highest BCUT2D eigenvalue weighted by molar-refractivity contribution is 5.82. The van der Waals surface area contributed by atoms with E-state index in [1.165, 1.54) is 22.1 Å². The number of benzene rings is 3. The van der Waals surface area contributed by atoms with Crippen molar-refractivity contribution in [2.45, 2.75) is 40.0 Å². The summed E-state index contributed by atoms with van der Waals surface area (Å²) in [7, 11) is 0. The number of para-hydroxylation sites is 1. The fourth-order valence-electron chi connectivity index (χ4n) is 5.47. The molecule has 2 atom stereocenters. The largest absolute Gasteiger partial charge is 0.493 e. The van der Waals surface area contributed by atoms with Crippen LogP contribution < -0.4 is 4.74 Å². The first-order chi connectivity index (χ1) is 17.0. The van der Waals surface area contributed by atoms with Gasteiger partial charge < -0.3 is 9.72 Å². The summed E-state index contributed by atoms with van der Waals surface area (Å²) in [6.07, 6.45) is 2.95. The maximum Gasteiger partial charge on any atom is 0.126 e. The highest BCUT2D eigenvalue weighted by Gasteiger charge is 2.24. The first kappa shape index (κ1) is 21.8. The summed E-state index contributed by atoms with van der Waals surface area (Å²) < 4.78 is 6.27. The molecule has 5 nitrogen and oxygen atoms in total. The Morgan fingerprint density at radius 1 is 0.914 bits per heavy atom. The van der Waals surface area contributed by atoms with Crippen molar-refractivity contribution >= 4 is 21.9 Å². The number of rotatable bonds is 3. The van der Waals surface area contributed by atoms with Crippen LogP contribution >= 0.6 is 0 Å². The number of nitrogens with zero attached hydrogens (tertiary/aromatic N) is 3. The van der Waals surface area contributed by atoms with Crippen molar-refractivity contribution in [2.75, 3.05) is 6.61 Å². The fourth-order valence-corrected chi connectivity index (χ4v) is 5.47. The van der Waals surface area contributed by atoms with Gasteiger partial charge in [0.05, 0.1) is 28.9 Å². The van der Waals surface area contributed by atoms with E-state index in [1.807, 2.05) is 19.9 Å². The lowest BCUT2D eigenvalue weighted by Gasteiger charge is -2.28. The summed E-state index contributed by atoms with van der Waals surface area (Å²) in [5.74, 6) is 3.80. The van der Waals surface area contributed by atoms with Gasteiger partial charge in [-0.3, -0.25) is 0 Å². The van der Waals surface area contributed by atoms with Gasteiger partial charge in [-0.2, -0.15) is 0 Å². The van der Waals surface area contributed by atoms with Gasteiger partial charge in [0.1, 0.15) is 17.4 Å². The van der Waals surface area contributed by atoms with Crippen LogP contribution in [0.1, 0.15) is 36.3 Å². The predicted octanol–water partition coefficient (Wildman–Crippen LogP) is 6.61. The molecule has 0 fully saturated rings. The molecule has 176 valence electrons. The Kier molecular flexibility index (Phi) is 5.48. The van der Waals surface area contributed by atoms with Crippen molar-refractivity contribution in [3.8, 4) is 16.9 Å². The van der Waals surface area contributed by atoms with Gasteiger partial charge in [0.2, 0.25) is 0 Å². The SMILES string of the molecule is Cc1nc(CC2CCOc3ccc(-c4ccc5nc(C)[nH]c5c4)cc3CC2C)c2ccccc2n1. The second-order valence-corrected chi connectivity index (χ2v) is 9.89. The van der Waals surface area contributed by atoms with Crippen LogP contribution in [0.5, 0.6) is 5.75 Å². The van der Waals surface area contributed by atoms with Crippen LogP contribution in [0.2, 0.25) is 0 Å². The Bertz CT molecular complexity index is 1540. The number of hydrogen-bond donors (Lipinski definition) is 1. The summed E-state index contributed by atoms with van der Waals surface area (Å²) in [6, 6.07) is 21.4. The Morgan fingerprint density at radius 2 is 1.74 bits per heavy atom. The molecule has 0 radical (unpaired) electrons. The molecule has 0 aliphatic carbocycles. The molecule has 0 saturated heterocycles. The first-order valence-electron chi connectivity index (χ1n) is 12.5. The van der Waals surface area contributed by atoms with Gasteiger partial charge in [-0.1, -0.05) is 37.3 Å². The topological polar surface area (TPSA) is 63.7 Å².